The van der Waals surface area contributed by atoms with E-state index in [1.807, 2.05) is 12.1 Å². The first-order valence-corrected chi connectivity index (χ1v) is 7.93. The number of rotatable bonds is 4. The molecule has 1 N–H and O–H groups in total. The Morgan fingerprint density at radius 2 is 2.24 bits per heavy atom. The fraction of sp³-hybridized carbons (Fsp3) is 0.647. The van der Waals surface area contributed by atoms with Gasteiger partial charge in [0.25, 0.3) is 0 Å². The molecule has 0 radical (unpaired) electrons. The molecule has 21 heavy (non-hydrogen) atoms. The van der Waals surface area contributed by atoms with Gasteiger partial charge in [0.1, 0.15) is 5.82 Å². The molecule has 3 rings (SSSR count). The number of halogens is 1. The summed E-state index contributed by atoms with van der Waals surface area (Å²) in [6.45, 7) is 5.10. The summed E-state index contributed by atoms with van der Waals surface area (Å²) in [4.78, 5) is 0. The predicted molar refractivity (Wildman–Crippen MR) is 79.7 cm³/mol. The summed E-state index contributed by atoms with van der Waals surface area (Å²) in [5.74, 6) is 0.268. The summed E-state index contributed by atoms with van der Waals surface area (Å²) < 4.78 is 25.7. The first kappa shape index (κ1) is 14.9. The molecule has 1 aromatic carbocycles. The molecule has 1 aromatic rings. The highest BCUT2D eigenvalue weighted by molar-refractivity contribution is 5.22. The third kappa shape index (κ3) is 3.12. The zero-order valence-electron chi connectivity index (χ0n) is 12.6. The van der Waals surface area contributed by atoms with Gasteiger partial charge in [0.15, 0.2) is 0 Å². The number of nitrogens with one attached hydrogen (secondary N) is 1. The van der Waals surface area contributed by atoms with Crippen molar-refractivity contribution in [2.45, 2.75) is 37.8 Å². The largest absolute Gasteiger partial charge is 0.378 e. The molecule has 1 spiro atoms. The van der Waals surface area contributed by atoms with Crippen molar-refractivity contribution >= 4 is 0 Å². The maximum atomic E-state index is 14.2. The molecule has 2 saturated heterocycles. The average molecular weight is 293 g/mol. The van der Waals surface area contributed by atoms with Crippen molar-refractivity contribution in [3.63, 3.8) is 0 Å². The van der Waals surface area contributed by atoms with Crippen molar-refractivity contribution in [2.75, 3.05) is 26.4 Å². The van der Waals surface area contributed by atoms with Crippen LogP contribution in [0.5, 0.6) is 0 Å². The van der Waals surface area contributed by atoms with Gasteiger partial charge in [-0.05, 0) is 31.4 Å². The molecule has 2 aliphatic rings. The van der Waals surface area contributed by atoms with Crippen LogP contribution in [0.1, 0.15) is 37.8 Å². The second kappa shape index (κ2) is 6.42. The molecular weight excluding hydrogens is 269 g/mol. The van der Waals surface area contributed by atoms with Crippen LogP contribution in [0, 0.1) is 11.7 Å². The van der Waals surface area contributed by atoms with Crippen molar-refractivity contribution in [1.82, 2.24) is 5.32 Å². The molecule has 0 aliphatic carbocycles. The van der Waals surface area contributed by atoms with Crippen molar-refractivity contribution in [2.24, 2.45) is 5.92 Å². The van der Waals surface area contributed by atoms with Gasteiger partial charge in [-0.1, -0.05) is 25.1 Å². The van der Waals surface area contributed by atoms with E-state index in [-0.39, 0.29) is 17.5 Å². The van der Waals surface area contributed by atoms with Gasteiger partial charge in [-0.15, -0.1) is 0 Å². The lowest BCUT2D eigenvalue weighted by Crippen LogP contribution is -2.44. The van der Waals surface area contributed by atoms with Crippen LogP contribution in [0.15, 0.2) is 24.3 Å². The molecule has 2 fully saturated rings. The molecule has 0 bridgehead atoms. The zero-order chi connectivity index (χ0) is 14.7. The van der Waals surface area contributed by atoms with E-state index in [4.69, 9.17) is 9.47 Å². The predicted octanol–water partition coefficient (Wildman–Crippen LogP) is 3.06. The zero-order valence-corrected chi connectivity index (χ0v) is 12.6. The first-order chi connectivity index (χ1) is 10.2. The summed E-state index contributed by atoms with van der Waals surface area (Å²) in [5, 5.41) is 3.48. The highest BCUT2D eigenvalue weighted by atomic mass is 19.1. The standard InChI is InChI=1S/C17H24FNO2/c1-2-19-16(14-5-3-4-6-15(14)18)13-7-9-21-17(11-13)8-10-20-12-17/h3-6,13,16,19H,2,7-12H2,1H3. The van der Waals surface area contributed by atoms with Crippen molar-refractivity contribution in [1.29, 1.82) is 0 Å². The van der Waals surface area contributed by atoms with Crippen LogP contribution in [0.3, 0.4) is 0 Å². The minimum Gasteiger partial charge on any atom is -0.378 e. The van der Waals surface area contributed by atoms with Crippen LogP contribution in [0.4, 0.5) is 4.39 Å². The molecule has 3 atom stereocenters. The second-order valence-electron chi connectivity index (χ2n) is 6.14. The lowest BCUT2D eigenvalue weighted by atomic mass is 9.79. The van der Waals surface area contributed by atoms with Crippen LogP contribution in [0.2, 0.25) is 0 Å². The molecule has 0 saturated carbocycles. The van der Waals surface area contributed by atoms with E-state index in [0.717, 1.165) is 44.6 Å². The maximum Gasteiger partial charge on any atom is 0.127 e. The Morgan fingerprint density at radius 1 is 1.38 bits per heavy atom. The summed E-state index contributed by atoms with van der Waals surface area (Å²) >= 11 is 0. The Hall–Kier alpha value is -0.970. The Labute approximate surface area is 125 Å². The van der Waals surface area contributed by atoms with Gasteiger partial charge in [0.2, 0.25) is 0 Å². The van der Waals surface area contributed by atoms with Gasteiger partial charge in [-0.2, -0.15) is 0 Å². The molecule has 2 heterocycles. The van der Waals surface area contributed by atoms with E-state index in [1.54, 1.807) is 12.1 Å². The first-order valence-electron chi connectivity index (χ1n) is 7.93. The topological polar surface area (TPSA) is 30.5 Å². The summed E-state index contributed by atoms with van der Waals surface area (Å²) in [5.41, 5.74) is 0.641. The monoisotopic (exact) mass is 293 g/mol. The molecule has 3 unspecified atom stereocenters. The SMILES string of the molecule is CCNC(c1ccccc1F)C1CCOC2(CCOC2)C1. The highest BCUT2D eigenvalue weighted by Crippen LogP contribution is 2.41. The van der Waals surface area contributed by atoms with E-state index < -0.39 is 0 Å². The summed E-state index contributed by atoms with van der Waals surface area (Å²) in [6, 6.07) is 7.16. The molecular formula is C17H24FNO2. The minimum absolute atomic E-state index is 0.0533. The van der Waals surface area contributed by atoms with Gasteiger partial charge in [0.05, 0.1) is 12.2 Å². The Bertz CT molecular complexity index is 474. The van der Waals surface area contributed by atoms with E-state index in [2.05, 4.69) is 12.2 Å². The van der Waals surface area contributed by atoms with Crippen LogP contribution < -0.4 is 5.32 Å². The van der Waals surface area contributed by atoms with Crippen LogP contribution in [0.25, 0.3) is 0 Å². The van der Waals surface area contributed by atoms with E-state index in [9.17, 15) is 4.39 Å². The molecule has 2 aliphatic heterocycles. The molecule has 3 nitrogen and oxygen atoms in total. The van der Waals surface area contributed by atoms with E-state index in [1.165, 1.54) is 0 Å². The Morgan fingerprint density at radius 3 is 2.95 bits per heavy atom. The third-order valence-corrected chi connectivity index (χ3v) is 4.73. The van der Waals surface area contributed by atoms with Crippen molar-refractivity contribution < 1.29 is 13.9 Å². The number of benzene rings is 1. The smallest absolute Gasteiger partial charge is 0.127 e. The van der Waals surface area contributed by atoms with Crippen LogP contribution >= 0.6 is 0 Å². The van der Waals surface area contributed by atoms with Crippen molar-refractivity contribution in [3.8, 4) is 0 Å². The average Bonchev–Trinajstić information content (AvgIpc) is 2.93. The number of hydrogen-bond donors (Lipinski definition) is 1. The van der Waals surface area contributed by atoms with Gasteiger partial charge in [0, 0.05) is 31.2 Å². The Balaban J connectivity index is 1.82. The molecule has 4 heteroatoms. The minimum atomic E-state index is -0.137. The maximum absolute atomic E-state index is 14.2. The third-order valence-electron chi connectivity index (χ3n) is 4.73. The van der Waals surface area contributed by atoms with Gasteiger partial charge >= 0.3 is 0 Å². The molecule has 0 amide bonds. The second-order valence-corrected chi connectivity index (χ2v) is 6.14. The quantitative estimate of drug-likeness (QED) is 0.925. The summed E-state index contributed by atoms with van der Waals surface area (Å²) in [6.07, 6.45) is 2.87. The number of ether oxygens (including phenoxy) is 2. The van der Waals surface area contributed by atoms with E-state index >= 15 is 0 Å². The Kier molecular flexibility index (Phi) is 4.57. The van der Waals surface area contributed by atoms with Gasteiger partial charge in [-0.3, -0.25) is 0 Å². The normalized spacial score (nSPS) is 30.7. The van der Waals surface area contributed by atoms with E-state index in [0.29, 0.717) is 12.5 Å². The number of hydrogen-bond acceptors (Lipinski definition) is 3. The lowest BCUT2D eigenvalue weighted by molar-refractivity contribution is -0.103. The lowest BCUT2D eigenvalue weighted by Gasteiger charge is -2.40. The highest BCUT2D eigenvalue weighted by Gasteiger charge is 2.43. The van der Waals surface area contributed by atoms with Gasteiger partial charge in [-0.25, -0.2) is 4.39 Å². The van der Waals surface area contributed by atoms with Crippen LogP contribution in [-0.4, -0.2) is 32.0 Å². The fourth-order valence-corrected chi connectivity index (χ4v) is 3.69. The fourth-order valence-electron chi connectivity index (χ4n) is 3.69. The van der Waals surface area contributed by atoms with Crippen molar-refractivity contribution in [3.05, 3.63) is 35.6 Å². The molecule has 0 aromatic heterocycles. The van der Waals surface area contributed by atoms with Crippen LogP contribution in [-0.2, 0) is 9.47 Å². The summed E-state index contributed by atoms with van der Waals surface area (Å²) in [7, 11) is 0. The van der Waals surface area contributed by atoms with Gasteiger partial charge < -0.3 is 14.8 Å². The molecule has 116 valence electrons.